The summed E-state index contributed by atoms with van der Waals surface area (Å²) in [5, 5.41) is 0.0588. The van der Waals surface area contributed by atoms with Crippen molar-refractivity contribution < 1.29 is 22.3 Å². The smallest absolute Gasteiger partial charge is 0.284 e. The van der Waals surface area contributed by atoms with E-state index in [1.807, 2.05) is 6.92 Å². The fourth-order valence-corrected chi connectivity index (χ4v) is 4.40. The third-order valence-corrected chi connectivity index (χ3v) is 5.80. The number of carbonyl (C=O) groups excluding carboxylic acids is 1. The average molecular weight is 394 g/mol. The molecule has 0 atom stereocenters. The summed E-state index contributed by atoms with van der Waals surface area (Å²) >= 11 is 1.03. The summed E-state index contributed by atoms with van der Waals surface area (Å²) in [5.41, 5.74) is 0.497. The lowest BCUT2D eigenvalue weighted by Gasteiger charge is -2.16. The lowest BCUT2D eigenvalue weighted by Crippen LogP contribution is -2.29. The molecular weight excluding hydrogens is 379 g/mol. The van der Waals surface area contributed by atoms with Crippen LogP contribution in [-0.4, -0.2) is 31.9 Å². The predicted molar refractivity (Wildman–Crippen MR) is 98.6 cm³/mol. The number of amides is 1. The first kappa shape index (κ1) is 18.4. The number of rotatable bonds is 5. The maximum absolute atomic E-state index is 13.0. The highest BCUT2D eigenvalue weighted by molar-refractivity contribution is 8.16. The zero-order valence-electron chi connectivity index (χ0n) is 13.8. The Hall–Kier alpha value is -2.39. The molecule has 0 N–H and O–H groups in total. The third-order valence-electron chi connectivity index (χ3n) is 3.48. The summed E-state index contributed by atoms with van der Waals surface area (Å²) in [4.78, 5) is 13.3. The van der Waals surface area contributed by atoms with Crippen molar-refractivity contribution in [3.05, 3.63) is 54.3 Å². The molecule has 0 saturated carbocycles. The van der Waals surface area contributed by atoms with Crippen LogP contribution < -0.4 is 9.64 Å². The first-order valence-electron chi connectivity index (χ1n) is 7.70. The molecule has 1 aliphatic heterocycles. The van der Waals surface area contributed by atoms with Gasteiger partial charge in [0.1, 0.15) is 11.6 Å². The first-order chi connectivity index (χ1) is 12.4. The van der Waals surface area contributed by atoms with Gasteiger partial charge in [0.25, 0.3) is 10.0 Å². The number of sulfonamides is 1. The van der Waals surface area contributed by atoms with E-state index in [0.29, 0.717) is 18.0 Å². The van der Waals surface area contributed by atoms with E-state index in [4.69, 9.17) is 4.74 Å². The molecule has 0 aromatic heterocycles. The molecule has 0 radical (unpaired) electrons. The van der Waals surface area contributed by atoms with Crippen molar-refractivity contribution in [2.24, 2.45) is 4.40 Å². The summed E-state index contributed by atoms with van der Waals surface area (Å²) in [5.74, 6) is -0.0800. The number of carbonyl (C=O) groups is 1. The maximum Gasteiger partial charge on any atom is 0.284 e. The number of ether oxygens (including phenoxy) is 1. The number of halogens is 1. The van der Waals surface area contributed by atoms with Crippen LogP contribution in [0.25, 0.3) is 0 Å². The molecule has 2 aromatic rings. The van der Waals surface area contributed by atoms with Crippen LogP contribution in [0.3, 0.4) is 0 Å². The molecular formula is C17H15FN2O4S2. The monoisotopic (exact) mass is 394 g/mol. The minimum Gasteiger partial charge on any atom is -0.494 e. The van der Waals surface area contributed by atoms with E-state index in [1.54, 1.807) is 24.3 Å². The molecule has 0 aliphatic carbocycles. The second-order valence-electron chi connectivity index (χ2n) is 5.25. The molecule has 1 amide bonds. The van der Waals surface area contributed by atoms with Gasteiger partial charge in [0.05, 0.1) is 22.9 Å². The Kier molecular flexibility index (Phi) is 5.28. The molecule has 136 valence electrons. The van der Waals surface area contributed by atoms with Gasteiger partial charge in [-0.2, -0.15) is 8.42 Å². The fourth-order valence-electron chi connectivity index (χ4n) is 2.30. The van der Waals surface area contributed by atoms with Gasteiger partial charge in [0, 0.05) is 0 Å². The van der Waals surface area contributed by atoms with Crippen LogP contribution in [-0.2, 0) is 14.8 Å². The van der Waals surface area contributed by atoms with E-state index in [-0.39, 0.29) is 21.7 Å². The molecule has 0 spiro atoms. The Labute approximate surface area is 154 Å². The summed E-state index contributed by atoms with van der Waals surface area (Å²) in [7, 11) is -4.06. The number of amidine groups is 1. The van der Waals surface area contributed by atoms with Gasteiger partial charge >= 0.3 is 0 Å². The molecule has 3 rings (SSSR count). The summed E-state index contributed by atoms with van der Waals surface area (Å²) < 4.78 is 47.0. The van der Waals surface area contributed by atoms with Crippen LogP contribution >= 0.6 is 11.8 Å². The zero-order valence-corrected chi connectivity index (χ0v) is 15.4. The number of anilines is 1. The number of hydrogen-bond acceptors (Lipinski definition) is 5. The van der Waals surface area contributed by atoms with Crippen LogP contribution in [0, 0.1) is 5.82 Å². The van der Waals surface area contributed by atoms with Crippen LogP contribution in [0.2, 0.25) is 0 Å². The molecule has 2 aromatic carbocycles. The standard InChI is InChI=1S/C17H15FN2O4S2/c1-2-24-14-7-5-13(6-8-14)20-16(21)11-25-17(20)19-26(22,23)15-9-3-12(18)4-10-15/h3-10H,2,11H2,1H3/b19-17-. The van der Waals surface area contributed by atoms with Crippen molar-refractivity contribution in [1.29, 1.82) is 0 Å². The van der Waals surface area contributed by atoms with Crippen LogP contribution in [0.15, 0.2) is 57.8 Å². The number of nitrogens with zero attached hydrogens (tertiary/aromatic N) is 2. The summed E-state index contributed by atoms with van der Waals surface area (Å²) in [6, 6.07) is 11.1. The Bertz CT molecular complexity index is 942. The minimum atomic E-state index is -4.06. The first-order valence-corrected chi connectivity index (χ1v) is 10.1. The lowest BCUT2D eigenvalue weighted by molar-refractivity contribution is -0.115. The Morgan fingerprint density at radius 2 is 1.81 bits per heavy atom. The second-order valence-corrected chi connectivity index (χ2v) is 7.79. The topological polar surface area (TPSA) is 76.0 Å². The van der Waals surface area contributed by atoms with E-state index in [1.165, 1.54) is 4.90 Å². The van der Waals surface area contributed by atoms with Crippen molar-refractivity contribution in [3.63, 3.8) is 0 Å². The minimum absolute atomic E-state index is 0.0588. The van der Waals surface area contributed by atoms with Gasteiger partial charge in [-0.05, 0) is 55.5 Å². The molecule has 1 saturated heterocycles. The molecule has 6 nitrogen and oxygen atoms in total. The van der Waals surface area contributed by atoms with Crippen molar-refractivity contribution >= 4 is 38.5 Å². The van der Waals surface area contributed by atoms with E-state index >= 15 is 0 Å². The van der Waals surface area contributed by atoms with E-state index in [9.17, 15) is 17.6 Å². The molecule has 1 fully saturated rings. The number of benzene rings is 2. The van der Waals surface area contributed by atoms with E-state index in [2.05, 4.69) is 4.40 Å². The van der Waals surface area contributed by atoms with Crippen molar-refractivity contribution in [1.82, 2.24) is 0 Å². The second kappa shape index (κ2) is 7.46. The van der Waals surface area contributed by atoms with E-state index < -0.39 is 15.8 Å². The van der Waals surface area contributed by atoms with Gasteiger partial charge in [-0.3, -0.25) is 9.69 Å². The van der Waals surface area contributed by atoms with Crippen LogP contribution in [0.5, 0.6) is 5.75 Å². The quantitative estimate of drug-likeness (QED) is 0.779. The zero-order chi connectivity index (χ0) is 18.7. The molecule has 0 bridgehead atoms. The lowest BCUT2D eigenvalue weighted by atomic mass is 10.3. The number of hydrogen-bond donors (Lipinski definition) is 0. The molecule has 1 aliphatic rings. The van der Waals surface area contributed by atoms with Crippen LogP contribution in [0.1, 0.15) is 6.92 Å². The maximum atomic E-state index is 13.0. The van der Waals surface area contributed by atoms with Gasteiger partial charge in [0.15, 0.2) is 5.17 Å². The van der Waals surface area contributed by atoms with Gasteiger partial charge in [-0.1, -0.05) is 11.8 Å². The SMILES string of the molecule is CCOc1ccc(N2C(=O)CS/C2=N\S(=O)(=O)c2ccc(F)cc2)cc1. The predicted octanol–water partition coefficient (Wildman–Crippen LogP) is 3.05. The Balaban J connectivity index is 1.94. The Morgan fingerprint density at radius 3 is 2.42 bits per heavy atom. The van der Waals surface area contributed by atoms with E-state index in [0.717, 1.165) is 36.0 Å². The van der Waals surface area contributed by atoms with Crippen molar-refractivity contribution in [2.75, 3.05) is 17.3 Å². The highest BCUT2D eigenvalue weighted by Gasteiger charge is 2.31. The third kappa shape index (κ3) is 3.88. The van der Waals surface area contributed by atoms with Crippen molar-refractivity contribution in [3.8, 4) is 5.75 Å². The van der Waals surface area contributed by atoms with Gasteiger partial charge in [-0.15, -0.1) is 4.40 Å². The average Bonchev–Trinajstić information content (AvgIpc) is 2.96. The van der Waals surface area contributed by atoms with Crippen molar-refractivity contribution in [2.45, 2.75) is 11.8 Å². The number of thioether (sulfide) groups is 1. The molecule has 9 heteroatoms. The van der Waals surface area contributed by atoms with Gasteiger partial charge in [-0.25, -0.2) is 4.39 Å². The Morgan fingerprint density at radius 1 is 1.15 bits per heavy atom. The van der Waals surface area contributed by atoms with Gasteiger partial charge < -0.3 is 4.74 Å². The molecule has 26 heavy (non-hydrogen) atoms. The van der Waals surface area contributed by atoms with Gasteiger partial charge in [0.2, 0.25) is 5.91 Å². The largest absolute Gasteiger partial charge is 0.494 e. The highest BCUT2D eigenvalue weighted by atomic mass is 32.2. The molecule has 0 unspecified atom stereocenters. The summed E-state index contributed by atoms with van der Waals surface area (Å²) in [6.07, 6.45) is 0. The highest BCUT2D eigenvalue weighted by Crippen LogP contribution is 2.29. The normalized spacial score (nSPS) is 16.3. The summed E-state index contributed by atoms with van der Waals surface area (Å²) in [6.45, 7) is 2.38. The molecule has 1 heterocycles. The van der Waals surface area contributed by atoms with Crippen LogP contribution in [0.4, 0.5) is 10.1 Å². The fraction of sp³-hybridized carbons (Fsp3) is 0.176.